The third-order valence-electron chi connectivity index (χ3n) is 3.53. The number of amides is 1. The Morgan fingerprint density at radius 2 is 2.44 bits per heavy atom. The summed E-state index contributed by atoms with van der Waals surface area (Å²) in [5.74, 6) is 2.30. The van der Waals surface area contributed by atoms with E-state index < -0.39 is 5.41 Å². The van der Waals surface area contributed by atoms with Crippen LogP contribution in [0.25, 0.3) is 0 Å². The van der Waals surface area contributed by atoms with Crippen LogP contribution in [-0.2, 0) is 9.53 Å². The molecule has 5 heteroatoms. The summed E-state index contributed by atoms with van der Waals surface area (Å²) in [4.78, 5) is 12.2. The average molecular weight is 244 g/mol. The molecule has 4 nitrogen and oxygen atoms in total. The number of nitrogens with two attached hydrogens (primary N) is 1. The van der Waals surface area contributed by atoms with Gasteiger partial charge in [-0.2, -0.15) is 11.8 Å². The Hall–Kier alpha value is -0.260. The maximum atomic E-state index is 12.2. The first-order chi connectivity index (χ1) is 7.63. The number of thioether (sulfide) groups is 1. The molecule has 0 aromatic carbocycles. The van der Waals surface area contributed by atoms with Crippen LogP contribution in [-0.4, -0.2) is 42.7 Å². The molecule has 3 unspecified atom stereocenters. The zero-order valence-corrected chi connectivity index (χ0v) is 10.5. The topological polar surface area (TPSA) is 64.3 Å². The molecule has 0 bridgehead atoms. The fourth-order valence-corrected chi connectivity index (χ4v) is 3.20. The summed E-state index contributed by atoms with van der Waals surface area (Å²) in [7, 11) is 0. The number of carbonyl (C=O) groups is 1. The molecule has 2 aliphatic heterocycles. The molecule has 16 heavy (non-hydrogen) atoms. The van der Waals surface area contributed by atoms with Gasteiger partial charge in [0.1, 0.15) is 0 Å². The zero-order valence-electron chi connectivity index (χ0n) is 9.70. The first-order valence-corrected chi connectivity index (χ1v) is 7.00. The van der Waals surface area contributed by atoms with Gasteiger partial charge in [0.25, 0.3) is 0 Å². The minimum atomic E-state index is -0.540. The van der Waals surface area contributed by atoms with Crippen molar-refractivity contribution in [2.24, 2.45) is 11.1 Å². The third kappa shape index (κ3) is 2.36. The molecule has 0 aromatic heterocycles. The highest BCUT2D eigenvalue weighted by Crippen LogP contribution is 2.28. The van der Waals surface area contributed by atoms with E-state index in [-0.39, 0.29) is 11.9 Å². The van der Waals surface area contributed by atoms with E-state index in [0.717, 1.165) is 12.2 Å². The molecule has 92 valence electrons. The monoisotopic (exact) mass is 244 g/mol. The molecule has 2 fully saturated rings. The van der Waals surface area contributed by atoms with Crippen molar-refractivity contribution in [1.82, 2.24) is 5.32 Å². The van der Waals surface area contributed by atoms with Gasteiger partial charge >= 0.3 is 0 Å². The Bertz CT molecular complexity index is 269. The van der Waals surface area contributed by atoms with Crippen molar-refractivity contribution >= 4 is 17.7 Å². The van der Waals surface area contributed by atoms with E-state index in [4.69, 9.17) is 10.5 Å². The van der Waals surface area contributed by atoms with Crippen LogP contribution in [0.15, 0.2) is 0 Å². The van der Waals surface area contributed by atoms with E-state index in [1.165, 1.54) is 12.2 Å². The summed E-state index contributed by atoms with van der Waals surface area (Å²) in [6.45, 7) is 2.83. The highest BCUT2D eigenvalue weighted by Gasteiger charge is 2.44. The SMILES string of the molecule is CC1(C(=O)NC2CCCSC2)COCC1N. The summed E-state index contributed by atoms with van der Waals surface area (Å²) < 4.78 is 5.29. The van der Waals surface area contributed by atoms with E-state index >= 15 is 0 Å². The van der Waals surface area contributed by atoms with Crippen molar-refractivity contribution in [2.75, 3.05) is 24.7 Å². The molecule has 2 heterocycles. The van der Waals surface area contributed by atoms with E-state index in [1.54, 1.807) is 0 Å². The molecule has 0 spiro atoms. The Balaban J connectivity index is 1.91. The standard InChI is InChI=1S/C11H20N2O2S/c1-11(7-15-5-9(11)12)10(14)13-8-3-2-4-16-6-8/h8-9H,2-7,12H2,1H3,(H,13,14). The molecule has 0 aromatic rings. The summed E-state index contributed by atoms with van der Waals surface area (Å²) >= 11 is 1.91. The molecule has 3 N–H and O–H groups in total. The second-order valence-corrected chi connectivity index (χ2v) is 6.08. The van der Waals surface area contributed by atoms with Gasteiger partial charge in [0.15, 0.2) is 0 Å². The highest BCUT2D eigenvalue weighted by molar-refractivity contribution is 7.99. The van der Waals surface area contributed by atoms with E-state index in [0.29, 0.717) is 19.3 Å². The maximum absolute atomic E-state index is 12.2. The highest BCUT2D eigenvalue weighted by atomic mass is 32.2. The number of nitrogens with one attached hydrogen (secondary N) is 1. The zero-order chi connectivity index (χ0) is 11.6. The van der Waals surface area contributed by atoms with Crippen LogP contribution in [0.1, 0.15) is 19.8 Å². The number of hydrogen-bond donors (Lipinski definition) is 2. The van der Waals surface area contributed by atoms with Gasteiger partial charge in [0.2, 0.25) is 5.91 Å². The van der Waals surface area contributed by atoms with Crippen molar-refractivity contribution in [1.29, 1.82) is 0 Å². The van der Waals surface area contributed by atoms with Gasteiger partial charge in [-0.15, -0.1) is 0 Å². The van der Waals surface area contributed by atoms with Gasteiger partial charge in [-0.25, -0.2) is 0 Å². The van der Waals surface area contributed by atoms with Gasteiger partial charge in [-0.05, 0) is 25.5 Å². The van der Waals surface area contributed by atoms with Gasteiger partial charge in [0.05, 0.1) is 18.6 Å². The number of rotatable bonds is 2. The number of hydrogen-bond acceptors (Lipinski definition) is 4. The largest absolute Gasteiger partial charge is 0.379 e. The lowest BCUT2D eigenvalue weighted by molar-refractivity contribution is -0.131. The fraction of sp³-hybridized carbons (Fsp3) is 0.909. The van der Waals surface area contributed by atoms with Crippen molar-refractivity contribution in [3.63, 3.8) is 0 Å². The predicted octanol–water partition coefficient (Wildman–Crippen LogP) is 0.362. The smallest absolute Gasteiger partial charge is 0.230 e. The van der Waals surface area contributed by atoms with Crippen LogP contribution >= 0.6 is 11.8 Å². The molecule has 0 saturated carbocycles. The molecule has 1 amide bonds. The normalized spacial score (nSPS) is 39.6. The maximum Gasteiger partial charge on any atom is 0.230 e. The van der Waals surface area contributed by atoms with Crippen molar-refractivity contribution in [2.45, 2.75) is 31.8 Å². The van der Waals surface area contributed by atoms with Crippen molar-refractivity contribution in [3.8, 4) is 0 Å². The van der Waals surface area contributed by atoms with Crippen LogP contribution in [0.3, 0.4) is 0 Å². The number of ether oxygens (including phenoxy) is 1. The lowest BCUT2D eigenvalue weighted by atomic mass is 9.84. The third-order valence-corrected chi connectivity index (χ3v) is 4.75. The van der Waals surface area contributed by atoms with E-state index in [1.807, 2.05) is 18.7 Å². The first-order valence-electron chi connectivity index (χ1n) is 5.85. The van der Waals surface area contributed by atoms with Crippen LogP contribution < -0.4 is 11.1 Å². The minimum Gasteiger partial charge on any atom is -0.379 e. The van der Waals surface area contributed by atoms with E-state index in [2.05, 4.69) is 5.32 Å². The van der Waals surface area contributed by atoms with Crippen LogP contribution in [0, 0.1) is 5.41 Å². The molecule has 0 aliphatic carbocycles. The van der Waals surface area contributed by atoms with Gasteiger partial charge in [-0.3, -0.25) is 4.79 Å². The molecule has 2 saturated heterocycles. The minimum absolute atomic E-state index is 0.0602. The predicted molar refractivity (Wildman–Crippen MR) is 65.4 cm³/mol. The summed E-state index contributed by atoms with van der Waals surface area (Å²) in [6, 6.07) is 0.139. The quantitative estimate of drug-likeness (QED) is 0.736. The van der Waals surface area contributed by atoms with Crippen LogP contribution in [0.5, 0.6) is 0 Å². The Morgan fingerprint density at radius 1 is 1.62 bits per heavy atom. The number of carbonyl (C=O) groups excluding carboxylic acids is 1. The van der Waals surface area contributed by atoms with Gasteiger partial charge < -0.3 is 15.8 Å². The Kier molecular flexibility index (Phi) is 3.77. The van der Waals surface area contributed by atoms with Crippen molar-refractivity contribution in [3.05, 3.63) is 0 Å². The molecule has 0 radical (unpaired) electrons. The second-order valence-electron chi connectivity index (χ2n) is 4.93. The summed E-state index contributed by atoms with van der Waals surface area (Å²) in [5.41, 5.74) is 5.39. The lowest BCUT2D eigenvalue weighted by Gasteiger charge is -2.30. The summed E-state index contributed by atoms with van der Waals surface area (Å²) in [5, 5.41) is 3.11. The van der Waals surface area contributed by atoms with Gasteiger partial charge in [0, 0.05) is 17.8 Å². The van der Waals surface area contributed by atoms with Crippen molar-refractivity contribution < 1.29 is 9.53 Å². The average Bonchev–Trinajstić information content (AvgIpc) is 2.62. The lowest BCUT2D eigenvalue weighted by Crippen LogP contribution is -2.53. The molecular formula is C11H20N2O2S. The van der Waals surface area contributed by atoms with Gasteiger partial charge in [-0.1, -0.05) is 0 Å². The summed E-state index contributed by atoms with van der Waals surface area (Å²) in [6.07, 6.45) is 2.28. The molecule has 3 atom stereocenters. The Morgan fingerprint density at radius 3 is 3.00 bits per heavy atom. The van der Waals surface area contributed by atoms with Crippen LogP contribution in [0.2, 0.25) is 0 Å². The fourth-order valence-electron chi connectivity index (χ4n) is 2.13. The molecule has 2 rings (SSSR count). The van der Waals surface area contributed by atoms with Crippen LogP contribution in [0.4, 0.5) is 0 Å². The molecule has 2 aliphatic rings. The second kappa shape index (κ2) is 4.94. The molecular weight excluding hydrogens is 224 g/mol. The first kappa shape index (κ1) is 12.2. The Labute approximate surface area is 101 Å². The van der Waals surface area contributed by atoms with E-state index in [9.17, 15) is 4.79 Å².